The van der Waals surface area contributed by atoms with Gasteiger partial charge in [0, 0.05) is 30.7 Å². The summed E-state index contributed by atoms with van der Waals surface area (Å²) in [5.74, 6) is 0. The van der Waals surface area contributed by atoms with Gasteiger partial charge in [-0.1, -0.05) is 25.1 Å². The predicted octanol–water partition coefficient (Wildman–Crippen LogP) is 2.59. The maximum absolute atomic E-state index is 6.16. The fourth-order valence-corrected chi connectivity index (χ4v) is 2.50. The second-order valence-electron chi connectivity index (χ2n) is 5.80. The van der Waals surface area contributed by atoms with E-state index in [4.69, 9.17) is 10.7 Å². The van der Waals surface area contributed by atoms with E-state index in [9.17, 15) is 0 Å². The van der Waals surface area contributed by atoms with Gasteiger partial charge < -0.3 is 10.6 Å². The molecule has 114 valence electrons. The Morgan fingerprint density at radius 2 is 1.86 bits per heavy atom. The minimum Gasteiger partial charge on any atom is -0.398 e. The molecule has 1 heterocycles. The quantitative estimate of drug-likeness (QED) is 0.850. The number of hydrogen-bond donors (Lipinski definition) is 1. The molecule has 0 radical (unpaired) electrons. The van der Waals surface area contributed by atoms with Crippen molar-refractivity contribution >= 4 is 16.6 Å². The largest absolute Gasteiger partial charge is 0.398 e. The van der Waals surface area contributed by atoms with Gasteiger partial charge in [0.2, 0.25) is 0 Å². The van der Waals surface area contributed by atoms with Gasteiger partial charge in [0.1, 0.15) is 0 Å². The van der Waals surface area contributed by atoms with E-state index >= 15 is 0 Å². The number of anilines is 1. The third-order valence-electron chi connectivity index (χ3n) is 3.59. The molecule has 4 nitrogen and oxygen atoms in total. The number of nitrogen functional groups attached to an aromatic ring is 1. The minimum absolute atomic E-state index is 0.819. The average Bonchev–Trinajstić information content (AvgIpc) is 2.45. The summed E-state index contributed by atoms with van der Waals surface area (Å²) in [6, 6.07) is 10.1. The molecule has 0 amide bonds. The summed E-state index contributed by atoms with van der Waals surface area (Å²) in [6.45, 7) is 6.27. The summed E-state index contributed by atoms with van der Waals surface area (Å²) >= 11 is 0. The van der Waals surface area contributed by atoms with Crippen LogP contribution in [-0.2, 0) is 6.54 Å². The Morgan fingerprint density at radius 3 is 2.57 bits per heavy atom. The highest BCUT2D eigenvalue weighted by atomic mass is 15.2. The molecule has 0 saturated carbocycles. The number of para-hydroxylation sites is 1. The van der Waals surface area contributed by atoms with E-state index in [0.29, 0.717) is 0 Å². The molecule has 2 rings (SSSR count). The number of hydrogen-bond acceptors (Lipinski definition) is 4. The number of benzene rings is 1. The topological polar surface area (TPSA) is 45.4 Å². The van der Waals surface area contributed by atoms with Gasteiger partial charge in [0.15, 0.2) is 0 Å². The average molecular weight is 286 g/mol. The molecule has 0 spiro atoms. The van der Waals surface area contributed by atoms with Crippen molar-refractivity contribution in [3.8, 4) is 0 Å². The Balaban J connectivity index is 2.16. The molecular weight excluding hydrogens is 260 g/mol. The van der Waals surface area contributed by atoms with Crippen molar-refractivity contribution in [1.82, 2.24) is 14.8 Å². The molecule has 0 aliphatic carbocycles. The van der Waals surface area contributed by atoms with Crippen LogP contribution >= 0.6 is 0 Å². The summed E-state index contributed by atoms with van der Waals surface area (Å²) in [5.41, 5.74) is 9.02. The monoisotopic (exact) mass is 286 g/mol. The molecule has 2 aromatic rings. The summed E-state index contributed by atoms with van der Waals surface area (Å²) in [7, 11) is 4.22. The Morgan fingerprint density at radius 1 is 1.10 bits per heavy atom. The van der Waals surface area contributed by atoms with Crippen LogP contribution in [0.5, 0.6) is 0 Å². The molecule has 1 aromatic heterocycles. The first-order valence-corrected chi connectivity index (χ1v) is 7.61. The standard InChI is InChI=1S/C17H26N4/c1-4-9-21(11-10-20(2)3)13-14-12-16(18)15-7-5-6-8-17(15)19-14/h5-8,12H,4,9-11,13H2,1-3H3,(H2,18,19). The van der Waals surface area contributed by atoms with Crippen LogP contribution in [0.2, 0.25) is 0 Å². The second-order valence-corrected chi connectivity index (χ2v) is 5.80. The summed E-state index contributed by atoms with van der Waals surface area (Å²) in [5, 5.41) is 1.04. The van der Waals surface area contributed by atoms with Gasteiger partial charge in [-0.2, -0.15) is 0 Å². The van der Waals surface area contributed by atoms with Crippen molar-refractivity contribution < 1.29 is 0 Å². The zero-order chi connectivity index (χ0) is 15.2. The number of aromatic nitrogens is 1. The molecule has 0 aliphatic heterocycles. The first kappa shape index (κ1) is 15.7. The van der Waals surface area contributed by atoms with E-state index in [1.807, 2.05) is 30.3 Å². The molecule has 21 heavy (non-hydrogen) atoms. The first-order chi connectivity index (χ1) is 10.1. The number of fused-ring (bicyclic) bond motifs is 1. The lowest BCUT2D eigenvalue weighted by molar-refractivity contribution is 0.232. The maximum Gasteiger partial charge on any atom is 0.0726 e. The van der Waals surface area contributed by atoms with Crippen LogP contribution in [0.15, 0.2) is 30.3 Å². The predicted molar refractivity (Wildman–Crippen MR) is 90.3 cm³/mol. The lowest BCUT2D eigenvalue weighted by Gasteiger charge is -2.23. The number of nitrogens with zero attached hydrogens (tertiary/aromatic N) is 3. The summed E-state index contributed by atoms with van der Waals surface area (Å²) in [6.07, 6.45) is 1.15. The van der Waals surface area contributed by atoms with Gasteiger partial charge in [0.05, 0.1) is 11.2 Å². The third-order valence-corrected chi connectivity index (χ3v) is 3.59. The lowest BCUT2D eigenvalue weighted by atomic mass is 10.1. The van der Waals surface area contributed by atoms with Crippen molar-refractivity contribution in [2.45, 2.75) is 19.9 Å². The maximum atomic E-state index is 6.16. The van der Waals surface area contributed by atoms with E-state index in [1.165, 1.54) is 0 Å². The van der Waals surface area contributed by atoms with Crippen LogP contribution in [-0.4, -0.2) is 48.5 Å². The fraction of sp³-hybridized carbons (Fsp3) is 0.471. The molecule has 0 bridgehead atoms. The Kier molecular flexibility index (Phi) is 5.53. The number of rotatable bonds is 7. The van der Waals surface area contributed by atoms with E-state index in [0.717, 1.165) is 54.9 Å². The molecular formula is C17H26N4. The van der Waals surface area contributed by atoms with Gasteiger partial charge >= 0.3 is 0 Å². The Labute approximate surface area is 127 Å². The van der Waals surface area contributed by atoms with Crippen molar-refractivity contribution in [2.75, 3.05) is 39.5 Å². The zero-order valence-corrected chi connectivity index (χ0v) is 13.3. The summed E-state index contributed by atoms with van der Waals surface area (Å²) < 4.78 is 0. The number of likely N-dealkylation sites (N-methyl/N-ethyl adjacent to an activating group) is 1. The highest BCUT2D eigenvalue weighted by molar-refractivity contribution is 5.90. The molecule has 0 saturated heterocycles. The highest BCUT2D eigenvalue weighted by Crippen LogP contribution is 2.20. The lowest BCUT2D eigenvalue weighted by Crippen LogP contribution is -2.32. The van der Waals surface area contributed by atoms with E-state index in [-0.39, 0.29) is 0 Å². The Hall–Kier alpha value is -1.65. The van der Waals surface area contributed by atoms with Crippen molar-refractivity contribution in [1.29, 1.82) is 0 Å². The fourth-order valence-electron chi connectivity index (χ4n) is 2.50. The van der Waals surface area contributed by atoms with Crippen LogP contribution in [0, 0.1) is 0 Å². The number of nitrogens with two attached hydrogens (primary N) is 1. The third kappa shape index (κ3) is 4.41. The van der Waals surface area contributed by atoms with E-state index in [2.05, 4.69) is 30.8 Å². The van der Waals surface area contributed by atoms with Gasteiger partial charge in [0.25, 0.3) is 0 Å². The molecule has 4 heteroatoms. The zero-order valence-electron chi connectivity index (χ0n) is 13.3. The summed E-state index contributed by atoms with van der Waals surface area (Å²) in [4.78, 5) is 9.40. The molecule has 2 N–H and O–H groups in total. The smallest absolute Gasteiger partial charge is 0.0726 e. The SMILES string of the molecule is CCCN(CCN(C)C)Cc1cc(N)c2ccccc2n1. The molecule has 1 aromatic carbocycles. The van der Waals surface area contributed by atoms with Gasteiger partial charge in [-0.25, -0.2) is 0 Å². The minimum atomic E-state index is 0.819. The highest BCUT2D eigenvalue weighted by Gasteiger charge is 2.09. The molecule has 0 unspecified atom stereocenters. The van der Waals surface area contributed by atoms with Crippen molar-refractivity contribution in [3.63, 3.8) is 0 Å². The van der Waals surface area contributed by atoms with Crippen LogP contribution in [0.1, 0.15) is 19.0 Å². The molecule has 0 fully saturated rings. The van der Waals surface area contributed by atoms with E-state index < -0.39 is 0 Å². The van der Waals surface area contributed by atoms with Gasteiger partial charge in [-0.3, -0.25) is 9.88 Å². The molecule has 0 aliphatic rings. The van der Waals surface area contributed by atoms with Crippen LogP contribution in [0.4, 0.5) is 5.69 Å². The molecule has 0 atom stereocenters. The van der Waals surface area contributed by atoms with Crippen LogP contribution in [0.25, 0.3) is 10.9 Å². The van der Waals surface area contributed by atoms with Crippen LogP contribution in [0.3, 0.4) is 0 Å². The van der Waals surface area contributed by atoms with Crippen LogP contribution < -0.4 is 5.73 Å². The normalized spacial score (nSPS) is 11.7. The second kappa shape index (κ2) is 7.38. The van der Waals surface area contributed by atoms with Gasteiger partial charge in [-0.15, -0.1) is 0 Å². The van der Waals surface area contributed by atoms with Crippen molar-refractivity contribution in [2.24, 2.45) is 0 Å². The number of pyridine rings is 1. The van der Waals surface area contributed by atoms with Crippen molar-refractivity contribution in [3.05, 3.63) is 36.0 Å². The van der Waals surface area contributed by atoms with E-state index in [1.54, 1.807) is 0 Å². The Bertz CT molecular complexity index is 580. The van der Waals surface area contributed by atoms with Gasteiger partial charge in [-0.05, 0) is 39.2 Å². The first-order valence-electron chi connectivity index (χ1n) is 7.61.